The molecule has 0 aliphatic heterocycles. The number of esters is 1. The van der Waals surface area contributed by atoms with Crippen LogP contribution in [-0.4, -0.2) is 29.7 Å². The van der Waals surface area contributed by atoms with Gasteiger partial charge in [0.25, 0.3) is 0 Å². The van der Waals surface area contributed by atoms with E-state index < -0.39 is 22.3 Å². The number of phenolic OH excluding ortho intramolecular Hbond substituents is 1. The van der Waals surface area contributed by atoms with Gasteiger partial charge < -0.3 is 14.6 Å². The van der Waals surface area contributed by atoms with Crippen molar-refractivity contribution in [2.45, 2.75) is 19.8 Å². The summed E-state index contributed by atoms with van der Waals surface area (Å²) in [6.07, 6.45) is 2.65. The number of benzene rings is 1. The molecular formula is C15H16N2O6. The van der Waals surface area contributed by atoms with Crippen molar-refractivity contribution >= 4 is 17.7 Å². The van der Waals surface area contributed by atoms with E-state index in [-0.39, 0.29) is 23.5 Å². The summed E-state index contributed by atoms with van der Waals surface area (Å²) >= 11 is 0. The average molecular weight is 320 g/mol. The second kappa shape index (κ2) is 8.38. The monoisotopic (exact) mass is 320 g/mol. The SMILES string of the molecule is CCCCOC(=O)/C(C#N)=C/c1cc(OC)c(O)c([N+](=O)[O-])c1. The van der Waals surface area contributed by atoms with Gasteiger partial charge in [0, 0.05) is 6.07 Å². The largest absolute Gasteiger partial charge is 0.500 e. The van der Waals surface area contributed by atoms with Crippen molar-refractivity contribution < 1.29 is 24.3 Å². The predicted octanol–water partition coefficient (Wildman–Crippen LogP) is 2.56. The van der Waals surface area contributed by atoms with E-state index in [1.807, 2.05) is 6.92 Å². The molecule has 0 aliphatic carbocycles. The Morgan fingerprint density at radius 2 is 2.22 bits per heavy atom. The van der Waals surface area contributed by atoms with Crippen molar-refractivity contribution in [3.05, 3.63) is 33.4 Å². The summed E-state index contributed by atoms with van der Waals surface area (Å²) in [6.45, 7) is 2.12. The Bertz CT molecular complexity index is 675. The number of carbonyl (C=O) groups is 1. The standard InChI is InChI=1S/C15H16N2O6/c1-3-4-5-23-15(19)11(9-16)6-10-7-12(17(20)21)14(18)13(8-10)22-2/h6-8,18H,3-5H2,1-2H3/b11-6+. The van der Waals surface area contributed by atoms with E-state index in [0.29, 0.717) is 6.42 Å². The Morgan fingerprint density at radius 1 is 1.52 bits per heavy atom. The number of carbonyl (C=O) groups excluding carboxylic acids is 1. The van der Waals surface area contributed by atoms with E-state index in [1.54, 1.807) is 6.07 Å². The summed E-state index contributed by atoms with van der Waals surface area (Å²) < 4.78 is 9.77. The third kappa shape index (κ3) is 4.71. The summed E-state index contributed by atoms with van der Waals surface area (Å²) in [5.41, 5.74) is -0.731. The first-order valence-corrected chi connectivity index (χ1v) is 6.78. The van der Waals surface area contributed by atoms with Crippen molar-refractivity contribution in [3.63, 3.8) is 0 Å². The summed E-state index contributed by atoms with van der Waals surface area (Å²) in [5.74, 6) is -1.57. The Kier molecular flexibility index (Phi) is 6.55. The quantitative estimate of drug-likeness (QED) is 0.204. The summed E-state index contributed by atoms with van der Waals surface area (Å²) in [7, 11) is 1.23. The lowest BCUT2D eigenvalue weighted by Gasteiger charge is -2.06. The minimum absolute atomic E-state index is 0.137. The molecule has 0 aliphatic rings. The van der Waals surface area contributed by atoms with E-state index in [9.17, 15) is 20.0 Å². The third-order valence-electron chi connectivity index (χ3n) is 2.88. The molecule has 0 saturated heterocycles. The van der Waals surface area contributed by atoms with E-state index in [1.165, 1.54) is 13.2 Å². The maximum absolute atomic E-state index is 11.8. The van der Waals surface area contributed by atoms with Crippen molar-refractivity contribution in [1.82, 2.24) is 0 Å². The van der Waals surface area contributed by atoms with Gasteiger partial charge in [0.1, 0.15) is 11.6 Å². The number of hydrogen-bond acceptors (Lipinski definition) is 7. The number of hydrogen-bond donors (Lipinski definition) is 1. The topological polar surface area (TPSA) is 123 Å². The molecule has 0 unspecified atom stereocenters. The fraction of sp³-hybridized carbons (Fsp3) is 0.333. The Labute approximate surface area is 132 Å². The molecule has 1 rings (SSSR count). The van der Waals surface area contributed by atoms with Crippen LogP contribution >= 0.6 is 0 Å². The zero-order valence-electron chi connectivity index (χ0n) is 12.7. The van der Waals surface area contributed by atoms with Crippen LogP contribution in [0.25, 0.3) is 6.08 Å². The molecule has 122 valence electrons. The third-order valence-corrected chi connectivity index (χ3v) is 2.88. The number of nitriles is 1. The van der Waals surface area contributed by atoms with Gasteiger partial charge in [-0.25, -0.2) is 4.79 Å². The smallest absolute Gasteiger partial charge is 0.348 e. The molecule has 8 heteroatoms. The second-order valence-electron chi connectivity index (χ2n) is 4.51. The molecule has 0 radical (unpaired) electrons. The fourth-order valence-electron chi connectivity index (χ4n) is 1.68. The number of methoxy groups -OCH3 is 1. The molecule has 0 amide bonds. The molecule has 1 aromatic carbocycles. The molecule has 0 fully saturated rings. The van der Waals surface area contributed by atoms with Gasteiger partial charge in [-0.1, -0.05) is 13.3 Å². The molecule has 0 aromatic heterocycles. The van der Waals surface area contributed by atoms with Gasteiger partial charge in [0.05, 0.1) is 18.6 Å². The summed E-state index contributed by atoms with van der Waals surface area (Å²) in [6, 6.07) is 4.00. The van der Waals surface area contributed by atoms with Crippen molar-refractivity contribution in [3.8, 4) is 17.6 Å². The van der Waals surface area contributed by atoms with Gasteiger partial charge in [-0.2, -0.15) is 5.26 Å². The Balaban J connectivity index is 3.18. The number of aromatic hydroxyl groups is 1. The van der Waals surface area contributed by atoms with Gasteiger partial charge in [-0.05, 0) is 24.1 Å². The molecule has 8 nitrogen and oxygen atoms in total. The molecular weight excluding hydrogens is 304 g/mol. The minimum Gasteiger partial charge on any atom is -0.500 e. The van der Waals surface area contributed by atoms with Crippen LogP contribution in [0, 0.1) is 21.4 Å². The lowest BCUT2D eigenvalue weighted by atomic mass is 10.1. The molecule has 1 N–H and O–H groups in total. The van der Waals surface area contributed by atoms with Crippen LogP contribution in [0.15, 0.2) is 17.7 Å². The van der Waals surface area contributed by atoms with Crippen LogP contribution in [0.2, 0.25) is 0 Å². The average Bonchev–Trinajstić information content (AvgIpc) is 2.53. The Hall–Kier alpha value is -3.08. The molecule has 0 saturated carbocycles. The number of nitrogens with zero attached hydrogens (tertiary/aromatic N) is 2. The number of ether oxygens (including phenoxy) is 2. The van der Waals surface area contributed by atoms with Crippen molar-refractivity contribution in [1.29, 1.82) is 5.26 Å². The number of nitro groups is 1. The van der Waals surface area contributed by atoms with Gasteiger partial charge in [-0.3, -0.25) is 10.1 Å². The van der Waals surface area contributed by atoms with E-state index in [0.717, 1.165) is 18.6 Å². The lowest BCUT2D eigenvalue weighted by Crippen LogP contribution is -2.07. The molecule has 23 heavy (non-hydrogen) atoms. The first-order valence-electron chi connectivity index (χ1n) is 6.78. The lowest BCUT2D eigenvalue weighted by molar-refractivity contribution is -0.386. The highest BCUT2D eigenvalue weighted by molar-refractivity contribution is 5.98. The van der Waals surface area contributed by atoms with Gasteiger partial charge >= 0.3 is 11.7 Å². The van der Waals surface area contributed by atoms with Crippen LogP contribution < -0.4 is 4.74 Å². The maximum atomic E-state index is 11.8. The van der Waals surface area contributed by atoms with E-state index in [4.69, 9.17) is 14.7 Å². The number of nitro benzene ring substituents is 1. The normalized spacial score (nSPS) is 10.7. The van der Waals surface area contributed by atoms with Gasteiger partial charge in [-0.15, -0.1) is 0 Å². The van der Waals surface area contributed by atoms with Crippen LogP contribution in [0.1, 0.15) is 25.3 Å². The van der Waals surface area contributed by atoms with Gasteiger partial charge in [0.2, 0.25) is 5.75 Å². The maximum Gasteiger partial charge on any atom is 0.348 e. The van der Waals surface area contributed by atoms with Crippen molar-refractivity contribution in [2.24, 2.45) is 0 Å². The molecule has 0 atom stereocenters. The van der Waals surface area contributed by atoms with E-state index >= 15 is 0 Å². The minimum atomic E-state index is -0.810. The molecule has 1 aromatic rings. The molecule has 0 spiro atoms. The number of phenols is 1. The number of rotatable bonds is 7. The summed E-state index contributed by atoms with van der Waals surface area (Å²) in [4.78, 5) is 21.9. The zero-order chi connectivity index (χ0) is 17.4. The van der Waals surface area contributed by atoms with Gasteiger partial charge in [0.15, 0.2) is 5.75 Å². The highest BCUT2D eigenvalue weighted by Gasteiger charge is 2.20. The van der Waals surface area contributed by atoms with Crippen molar-refractivity contribution in [2.75, 3.05) is 13.7 Å². The fourth-order valence-corrected chi connectivity index (χ4v) is 1.68. The van der Waals surface area contributed by atoms with Crippen LogP contribution in [0.3, 0.4) is 0 Å². The van der Waals surface area contributed by atoms with Crippen LogP contribution in [-0.2, 0) is 9.53 Å². The predicted molar refractivity (Wildman–Crippen MR) is 80.8 cm³/mol. The van der Waals surface area contributed by atoms with Crippen LogP contribution in [0.4, 0.5) is 5.69 Å². The first-order chi connectivity index (χ1) is 10.9. The first kappa shape index (κ1) is 18.0. The summed E-state index contributed by atoms with van der Waals surface area (Å²) in [5, 5.41) is 29.6. The molecule has 0 heterocycles. The second-order valence-corrected chi connectivity index (χ2v) is 4.51. The number of unbranched alkanes of at least 4 members (excludes halogenated alkanes) is 1. The Morgan fingerprint density at radius 3 is 2.74 bits per heavy atom. The highest BCUT2D eigenvalue weighted by atomic mass is 16.6. The van der Waals surface area contributed by atoms with E-state index in [2.05, 4.69) is 0 Å². The highest BCUT2D eigenvalue weighted by Crippen LogP contribution is 2.37. The molecule has 0 bridgehead atoms. The van der Waals surface area contributed by atoms with Crippen LogP contribution in [0.5, 0.6) is 11.5 Å². The zero-order valence-corrected chi connectivity index (χ0v) is 12.7.